The van der Waals surface area contributed by atoms with Gasteiger partial charge in [-0.25, -0.2) is 0 Å². The average molecular weight is 309 g/mol. The quantitative estimate of drug-likeness (QED) is 0.519. The zero-order chi connectivity index (χ0) is 16.6. The zero-order valence-electron chi connectivity index (χ0n) is 13.0. The molecule has 114 valence electrons. The predicted molar refractivity (Wildman–Crippen MR) is 97.3 cm³/mol. The molecule has 0 spiro atoms. The molecular weight excluding hydrogens is 294 g/mol. The maximum absolute atomic E-state index is 8.82. The van der Waals surface area contributed by atoms with Gasteiger partial charge in [0.2, 0.25) is 0 Å². The molecule has 0 bridgehead atoms. The molecule has 3 heteroatoms. The van der Waals surface area contributed by atoms with Crippen LogP contribution in [0, 0.1) is 11.3 Å². The highest BCUT2D eigenvalue weighted by atomic mass is 15.2. The van der Waals surface area contributed by atoms with Crippen molar-refractivity contribution in [2.75, 3.05) is 0 Å². The summed E-state index contributed by atoms with van der Waals surface area (Å²) in [5, 5.41) is 17.5. The number of hydrogen-bond donors (Lipinski definition) is 0. The van der Waals surface area contributed by atoms with E-state index in [2.05, 4.69) is 16.3 Å². The van der Waals surface area contributed by atoms with Gasteiger partial charge in [-0.1, -0.05) is 72.8 Å². The van der Waals surface area contributed by atoms with Gasteiger partial charge in [0.25, 0.3) is 0 Å². The Hall–Kier alpha value is -3.51. The van der Waals surface area contributed by atoms with Gasteiger partial charge in [-0.15, -0.1) is 5.10 Å². The fourth-order valence-corrected chi connectivity index (χ4v) is 2.27. The van der Waals surface area contributed by atoms with Crippen molar-refractivity contribution in [2.45, 2.75) is 0 Å². The van der Waals surface area contributed by atoms with Crippen LogP contribution in [-0.2, 0) is 0 Å². The molecule has 0 aliphatic rings. The first-order valence-electron chi connectivity index (χ1n) is 7.59. The van der Waals surface area contributed by atoms with Crippen LogP contribution >= 0.6 is 0 Å². The number of nitrogens with zero attached hydrogens (tertiary/aromatic N) is 3. The number of nitriles is 1. The van der Waals surface area contributed by atoms with E-state index < -0.39 is 0 Å². The molecule has 0 heterocycles. The summed E-state index contributed by atoms with van der Waals surface area (Å²) < 4.78 is 0. The molecule has 0 radical (unpaired) electrons. The topological polar surface area (TPSA) is 48.5 Å². The van der Waals surface area contributed by atoms with E-state index in [0.717, 1.165) is 22.4 Å². The lowest BCUT2D eigenvalue weighted by molar-refractivity contribution is 1.24. The lowest BCUT2D eigenvalue weighted by Crippen LogP contribution is -2.02. The minimum atomic E-state index is 0.630. The highest BCUT2D eigenvalue weighted by Crippen LogP contribution is 2.11. The van der Waals surface area contributed by atoms with E-state index in [9.17, 15) is 0 Å². The summed E-state index contributed by atoms with van der Waals surface area (Å²) in [5.74, 6) is 0. The molecule has 0 fully saturated rings. The summed E-state index contributed by atoms with van der Waals surface area (Å²) in [6.07, 6.45) is 1.69. The van der Waals surface area contributed by atoms with Crippen molar-refractivity contribution >= 4 is 11.9 Å². The van der Waals surface area contributed by atoms with Gasteiger partial charge < -0.3 is 0 Å². The monoisotopic (exact) mass is 309 g/mol. The van der Waals surface area contributed by atoms with Crippen LogP contribution in [0.4, 0.5) is 0 Å². The summed E-state index contributed by atoms with van der Waals surface area (Å²) in [5.41, 5.74) is 4.38. The average Bonchev–Trinajstić information content (AvgIpc) is 2.67. The second kappa shape index (κ2) is 7.66. The Bertz CT molecular complexity index is 846. The molecule has 0 saturated heterocycles. The van der Waals surface area contributed by atoms with Gasteiger partial charge in [-0.3, -0.25) is 0 Å². The molecule has 3 aromatic carbocycles. The molecule has 3 rings (SSSR count). The van der Waals surface area contributed by atoms with Gasteiger partial charge in [0.05, 0.1) is 17.8 Å². The van der Waals surface area contributed by atoms with E-state index >= 15 is 0 Å². The Labute approximate surface area is 141 Å². The van der Waals surface area contributed by atoms with Crippen LogP contribution in [0.1, 0.15) is 22.3 Å². The highest BCUT2D eigenvalue weighted by Gasteiger charge is 2.05. The first kappa shape index (κ1) is 15.4. The Morgan fingerprint density at radius 3 is 1.79 bits per heavy atom. The van der Waals surface area contributed by atoms with Crippen molar-refractivity contribution in [2.24, 2.45) is 10.2 Å². The largest absolute Gasteiger partial charge is 0.192 e. The van der Waals surface area contributed by atoms with Gasteiger partial charge in [0.15, 0.2) is 0 Å². The summed E-state index contributed by atoms with van der Waals surface area (Å²) in [6, 6.07) is 29.3. The molecule has 3 aromatic rings. The van der Waals surface area contributed by atoms with Crippen LogP contribution in [0.5, 0.6) is 0 Å². The van der Waals surface area contributed by atoms with E-state index in [1.165, 1.54) is 0 Å². The molecular formula is C21H15N3. The number of benzene rings is 3. The molecule has 0 aliphatic carbocycles. The first-order valence-corrected chi connectivity index (χ1v) is 7.59. The number of hydrogen-bond acceptors (Lipinski definition) is 3. The van der Waals surface area contributed by atoms with Crippen LogP contribution in [0.2, 0.25) is 0 Å². The van der Waals surface area contributed by atoms with E-state index in [-0.39, 0.29) is 0 Å². The predicted octanol–water partition coefficient (Wildman–Crippen LogP) is 4.43. The fraction of sp³-hybridized carbons (Fsp3) is 0. The van der Waals surface area contributed by atoms with Crippen molar-refractivity contribution < 1.29 is 0 Å². The normalized spacial score (nSPS) is 10.3. The lowest BCUT2D eigenvalue weighted by atomic mass is 10.0. The molecule has 0 unspecified atom stereocenters. The molecule has 24 heavy (non-hydrogen) atoms. The minimum Gasteiger partial charge on any atom is -0.192 e. The molecule has 3 nitrogen and oxygen atoms in total. The molecule has 0 aliphatic heterocycles. The lowest BCUT2D eigenvalue weighted by Gasteiger charge is -2.05. The highest BCUT2D eigenvalue weighted by molar-refractivity contribution is 6.12. The Kier molecular flexibility index (Phi) is 4.91. The fourth-order valence-electron chi connectivity index (χ4n) is 2.27. The van der Waals surface area contributed by atoms with Gasteiger partial charge >= 0.3 is 0 Å². The molecule has 0 amide bonds. The van der Waals surface area contributed by atoms with Crippen molar-refractivity contribution in [3.8, 4) is 6.07 Å². The SMILES string of the molecule is N#Cc1ccc(/C=N\N=C(c2ccccc2)c2ccccc2)cc1. The molecule has 0 N–H and O–H groups in total. The van der Waals surface area contributed by atoms with E-state index in [0.29, 0.717) is 5.56 Å². The maximum Gasteiger partial charge on any atom is 0.100 e. The third kappa shape index (κ3) is 3.82. The Morgan fingerprint density at radius 1 is 0.750 bits per heavy atom. The smallest absolute Gasteiger partial charge is 0.100 e. The van der Waals surface area contributed by atoms with Crippen LogP contribution < -0.4 is 0 Å². The maximum atomic E-state index is 8.82. The standard InChI is InChI=1S/C21H15N3/c22-15-17-11-13-18(14-12-17)16-23-24-21(19-7-3-1-4-8-19)20-9-5-2-6-10-20/h1-14,16H/b23-16-. The number of rotatable bonds is 4. The van der Waals surface area contributed by atoms with Crippen molar-refractivity contribution in [3.63, 3.8) is 0 Å². The van der Waals surface area contributed by atoms with Crippen molar-refractivity contribution in [1.82, 2.24) is 0 Å². The zero-order valence-corrected chi connectivity index (χ0v) is 13.0. The van der Waals surface area contributed by atoms with Gasteiger partial charge in [0.1, 0.15) is 5.71 Å². The van der Waals surface area contributed by atoms with E-state index in [1.54, 1.807) is 18.3 Å². The van der Waals surface area contributed by atoms with Crippen LogP contribution in [0.3, 0.4) is 0 Å². The van der Waals surface area contributed by atoms with Crippen LogP contribution in [0.25, 0.3) is 0 Å². The van der Waals surface area contributed by atoms with Crippen LogP contribution in [-0.4, -0.2) is 11.9 Å². The van der Waals surface area contributed by atoms with Gasteiger partial charge in [-0.2, -0.15) is 10.4 Å². The summed E-state index contributed by atoms with van der Waals surface area (Å²) in [4.78, 5) is 0. The van der Waals surface area contributed by atoms with Crippen molar-refractivity contribution in [1.29, 1.82) is 5.26 Å². The second-order valence-corrected chi connectivity index (χ2v) is 5.16. The van der Waals surface area contributed by atoms with Crippen LogP contribution in [0.15, 0.2) is 95.1 Å². The second-order valence-electron chi connectivity index (χ2n) is 5.16. The Balaban J connectivity index is 1.92. The molecule has 0 atom stereocenters. The Morgan fingerprint density at radius 2 is 1.29 bits per heavy atom. The third-order valence-corrected chi connectivity index (χ3v) is 3.50. The summed E-state index contributed by atoms with van der Waals surface area (Å²) in [6.45, 7) is 0. The summed E-state index contributed by atoms with van der Waals surface area (Å²) in [7, 11) is 0. The third-order valence-electron chi connectivity index (χ3n) is 3.50. The van der Waals surface area contributed by atoms with Gasteiger partial charge in [0, 0.05) is 11.1 Å². The van der Waals surface area contributed by atoms with Gasteiger partial charge in [-0.05, 0) is 17.7 Å². The minimum absolute atomic E-state index is 0.630. The van der Waals surface area contributed by atoms with E-state index in [4.69, 9.17) is 5.26 Å². The van der Waals surface area contributed by atoms with E-state index in [1.807, 2.05) is 72.8 Å². The summed E-state index contributed by atoms with van der Waals surface area (Å²) >= 11 is 0. The first-order chi connectivity index (χ1) is 11.9. The molecule has 0 aromatic heterocycles. The van der Waals surface area contributed by atoms with Crippen molar-refractivity contribution in [3.05, 3.63) is 107 Å². The molecule has 0 saturated carbocycles.